The van der Waals surface area contributed by atoms with Gasteiger partial charge in [0.1, 0.15) is 0 Å². The third-order valence-electron chi connectivity index (χ3n) is 5.31. The van der Waals surface area contributed by atoms with Crippen molar-refractivity contribution in [3.8, 4) is 0 Å². The molecule has 0 bridgehead atoms. The SMILES string of the molecule is COC1CC(CC2CCC(C)C2OC)CC(OC)C1. The predicted octanol–water partition coefficient (Wildman–Crippen LogP) is 3.27. The Bertz CT molecular complexity index is 257. The second-order valence-corrected chi connectivity index (χ2v) is 6.54. The monoisotopic (exact) mass is 270 g/mol. The normalized spacial score (nSPS) is 43.6. The molecule has 0 aromatic heterocycles. The summed E-state index contributed by atoms with van der Waals surface area (Å²) in [4.78, 5) is 0. The summed E-state index contributed by atoms with van der Waals surface area (Å²) < 4.78 is 16.9. The molecule has 5 unspecified atom stereocenters. The van der Waals surface area contributed by atoms with Gasteiger partial charge in [0.25, 0.3) is 0 Å². The van der Waals surface area contributed by atoms with Gasteiger partial charge in [-0.25, -0.2) is 0 Å². The standard InChI is InChI=1S/C16H30O3/c1-11-5-6-13(16(11)19-4)7-12-8-14(17-2)10-15(9-12)18-3/h11-16H,5-10H2,1-4H3. The number of hydrogen-bond donors (Lipinski definition) is 0. The van der Waals surface area contributed by atoms with Crippen molar-refractivity contribution in [2.24, 2.45) is 17.8 Å². The lowest BCUT2D eigenvalue weighted by atomic mass is 9.79. The Morgan fingerprint density at radius 1 is 0.842 bits per heavy atom. The van der Waals surface area contributed by atoms with E-state index < -0.39 is 0 Å². The summed E-state index contributed by atoms with van der Waals surface area (Å²) in [6.07, 6.45) is 8.58. The van der Waals surface area contributed by atoms with Gasteiger partial charge in [-0.1, -0.05) is 6.92 Å². The maximum Gasteiger partial charge on any atom is 0.0625 e. The van der Waals surface area contributed by atoms with Crippen molar-refractivity contribution in [3.63, 3.8) is 0 Å². The Labute approximate surface area is 118 Å². The largest absolute Gasteiger partial charge is 0.381 e. The Kier molecular flexibility index (Phi) is 5.67. The van der Waals surface area contributed by atoms with Crippen molar-refractivity contribution in [2.45, 2.75) is 63.8 Å². The molecular weight excluding hydrogens is 240 g/mol. The molecule has 0 amide bonds. The van der Waals surface area contributed by atoms with Crippen molar-refractivity contribution in [2.75, 3.05) is 21.3 Å². The summed E-state index contributed by atoms with van der Waals surface area (Å²) in [5, 5.41) is 0. The molecule has 0 aliphatic heterocycles. The van der Waals surface area contributed by atoms with E-state index in [-0.39, 0.29) is 0 Å². The highest BCUT2D eigenvalue weighted by atomic mass is 16.5. The minimum atomic E-state index is 0.378. The molecule has 0 heterocycles. The molecule has 3 heteroatoms. The molecule has 3 nitrogen and oxygen atoms in total. The van der Waals surface area contributed by atoms with Crippen LogP contribution < -0.4 is 0 Å². The van der Waals surface area contributed by atoms with Gasteiger partial charge in [0.2, 0.25) is 0 Å². The van der Waals surface area contributed by atoms with Crippen LogP contribution in [0.4, 0.5) is 0 Å². The smallest absolute Gasteiger partial charge is 0.0625 e. The quantitative estimate of drug-likeness (QED) is 0.767. The summed E-state index contributed by atoms with van der Waals surface area (Å²) in [6, 6.07) is 0. The summed E-state index contributed by atoms with van der Waals surface area (Å²) in [6.45, 7) is 2.32. The van der Waals surface area contributed by atoms with Crippen LogP contribution in [-0.2, 0) is 14.2 Å². The van der Waals surface area contributed by atoms with E-state index >= 15 is 0 Å². The highest BCUT2D eigenvalue weighted by molar-refractivity contribution is 4.88. The van der Waals surface area contributed by atoms with Gasteiger partial charge in [0, 0.05) is 21.3 Å². The maximum atomic E-state index is 5.72. The molecule has 2 fully saturated rings. The minimum Gasteiger partial charge on any atom is -0.381 e. The average Bonchev–Trinajstić information content (AvgIpc) is 2.78. The first-order chi connectivity index (χ1) is 9.17. The van der Waals surface area contributed by atoms with Gasteiger partial charge in [-0.15, -0.1) is 0 Å². The second kappa shape index (κ2) is 7.05. The molecule has 0 radical (unpaired) electrons. The first kappa shape index (κ1) is 15.3. The summed E-state index contributed by atoms with van der Waals surface area (Å²) in [5.41, 5.74) is 0. The van der Waals surface area contributed by atoms with Crippen molar-refractivity contribution < 1.29 is 14.2 Å². The van der Waals surface area contributed by atoms with Gasteiger partial charge in [-0.2, -0.15) is 0 Å². The van der Waals surface area contributed by atoms with Crippen molar-refractivity contribution >= 4 is 0 Å². The Morgan fingerprint density at radius 3 is 2.00 bits per heavy atom. The van der Waals surface area contributed by atoms with Gasteiger partial charge in [-0.3, -0.25) is 0 Å². The first-order valence-electron chi connectivity index (χ1n) is 7.76. The zero-order valence-electron chi connectivity index (χ0n) is 12.9. The summed E-state index contributed by atoms with van der Waals surface area (Å²) in [5.74, 6) is 2.18. The van der Waals surface area contributed by atoms with E-state index in [0.29, 0.717) is 18.3 Å². The predicted molar refractivity (Wildman–Crippen MR) is 76.2 cm³/mol. The Balaban J connectivity index is 1.90. The maximum absolute atomic E-state index is 5.72. The lowest BCUT2D eigenvalue weighted by molar-refractivity contribution is -0.0397. The van der Waals surface area contributed by atoms with Gasteiger partial charge in [0.15, 0.2) is 0 Å². The third-order valence-corrected chi connectivity index (χ3v) is 5.31. The van der Waals surface area contributed by atoms with E-state index in [1.54, 1.807) is 0 Å². The fourth-order valence-electron chi connectivity index (χ4n) is 4.28. The molecule has 2 saturated carbocycles. The number of rotatable bonds is 5. The summed E-state index contributed by atoms with van der Waals surface area (Å²) >= 11 is 0. The van der Waals surface area contributed by atoms with Crippen LogP contribution in [0.15, 0.2) is 0 Å². The van der Waals surface area contributed by atoms with E-state index in [1.807, 2.05) is 21.3 Å². The minimum absolute atomic E-state index is 0.378. The molecule has 0 spiro atoms. The zero-order valence-corrected chi connectivity index (χ0v) is 12.9. The molecule has 2 rings (SSSR count). The fraction of sp³-hybridized carbons (Fsp3) is 1.00. The number of hydrogen-bond acceptors (Lipinski definition) is 3. The molecule has 19 heavy (non-hydrogen) atoms. The number of methoxy groups -OCH3 is 3. The lowest BCUT2D eigenvalue weighted by Gasteiger charge is -2.35. The van der Waals surface area contributed by atoms with Crippen LogP contribution in [0.25, 0.3) is 0 Å². The number of ether oxygens (including phenoxy) is 3. The van der Waals surface area contributed by atoms with Crippen LogP contribution in [0.5, 0.6) is 0 Å². The van der Waals surface area contributed by atoms with Crippen molar-refractivity contribution in [1.29, 1.82) is 0 Å². The molecular formula is C16H30O3. The van der Waals surface area contributed by atoms with Gasteiger partial charge in [0.05, 0.1) is 18.3 Å². The van der Waals surface area contributed by atoms with E-state index in [2.05, 4.69) is 6.92 Å². The molecule has 2 aliphatic rings. The third kappa shape index (κ3) is 3.71. The first-order valence-corrected chi connectivity index (χ1v) is 7.76. The highest BCUT2D eigenvalue weighted by Crippen LogP contribution is 2.40. The van der Waals surface area contributed by atoms with Crippen LogP contribution >= 0.6 is 0 Å². The Morgan fingerprint density at radius 2 is 1.47 bits per heavy atom. The highest BCUT2D eigenvalue weighted by Gasteiger charge is 2.37. The van der Waals surface area contributed by atoms with Gasteiger partial charge in [-0.05, 0) is 56.3 Å². The average molecular weight is 270 g/mol. The van der Waals surface area contributed by atoms with E-state index in [4.69, 9.17) is 14.2 Å². The topological polar surface area (TPSA) is 27.7 Å². The molecule has 0 aromatic rings. The van der Waals surface area contributed by atoms with E-state index in [0.717, 1.165) is 24.2 Å². The Hall–Kier alpha value is -0.120. The van der Waals surface area contributed by atoms with Crippen molar-refractivity contribution in [1.82, 2.24) is 0 Å². The molecule has 0 N–H and O–H groups in total. The van der Waals surface area contributed by atoms with Crippen LogP contribution in [-0.4, -0.2) is 39.6 Å². The van der Waals surface area contributed by atoms with Gasteiger partial charge < -0.3 is 14.2 Å². The molecule has 112 valence electrons. The molecule has 5 atom stereocenters. The van der Waals surface area contributed by atoms with Crippen molar-refractivity contribution in [3.05, 3.63) is 0 Å². The van der Waals surface area contributed by atoms with Crippen LogP contribution in [0.1, 0.15) is 45.4 Å². The van der Waals surface area contributed by atoms with Crippen LogP contribution in [0.2, 0.25) is 0 Å². The molecule has 0 saturated heterocycles. The molecule has 0 aromatic carbocycles. The van der Waals surface area contributed by atoms with Crippen LogP contribution in [0.3, 0.4) is 0 Å². The van der Waals surface area contributed by atoms with E-state index in [9.17, 15) is 0 Å². The lowest BCUT2D eigenvalue weighted by Crippen LogP contribution is -2.34. The van der Waals surface area contributed by atoms with Crippen LogP contribution in [0, 0.1) is 17.8 Å². The zero-order chi connectivity index (χ0) is 13.8. The van der Waals surface area contributed by atoms with Gasteiger partial charge >= 0.3 is 0 Å². The fourth-order valence-corrected chi connectivity index (χ4v) is 4.28. The molecule has 2 aliphatic carbocycles. The van der Waals surface area contributed by atoms with E-state index in [1.165, 1.54) is 32.1 Å². The summed E-state index contributed by atoms with van der Waals surface area (Å²) in [7, 11) is 5.53. The second-order valence-electron chi connectivity index (χ2n) is 6.54.